The van der Waals surface area contributed by atoms with Crippen LogP contribution in [0.15, 0.2) is 12.4 Å². The van der Waals surface area contributed by atoms with Gasteiger partial charge in [0.25, 0.3) is 5.91 Å². The molecule has 0 aliphatic carbocycles. The van der Waals surface area contributed by atoms with E-state index in [1.165, 1.54) is 12.7 Å². The molecule has 1 atom stereocenters. The molecule has 0 aromatic carbocycles. The van der Waals surface area contributed by atoms with E-state index in [9.17, 15) is 4.79 Å². The van der Waals surface area contributed by atoms with Crippen LogP contribution in [0.4, 0.5) is 5.82 Å². The number of aromatic nitrogens is 2. The number of amides is 1. The molecule has 1 aromatic heterocycles. The molecular formula is C16H26N4O. The average Bonchev–Trinajstić information content (AvgIpc) is 2.45. The van der Waals surface area contributed by atoms with Crippen molar-refractivity contribution in [1.29, 1.82) is 0 Å². The van der Waals surface area contributed by atoms with Gasteiger partial charge in [0, 0.05) is 24.2 Å². The normalized spacial score (nSPS) is 19.4. The first-order valence-electron chi connectivity index (χ1n) is 7.82. The Balaban J connectivity index is 2.17. The first-order chi connectivity index (χ1) is 9.90. The number of carbonyl (C=O) groups excluding carboxylic acids is 1. The maximum atomic E-state index is 12.7. The second kappa shape index (κ2) is 6.41. The summed E-state index contributed by atoms with van der Waals surface area (Å²) in [6.07, 6.45) is 5.86. The number of piperidine rings is 1. The Morgan fingerprint density at radius 2 is 2.14 bits per heavy atom. The van der Waals surface area contributed by atoms with Crippen LogP contribution in [0, 0.1) is 0 Å². The van der Waals surface area contributed by atoms with Crippen LogP contribution in [0.25, 0.3) is 0 Å². The second-order valence-corrected chi connectivity index (χ2v) is 6.72. The number of nitrogens with zero attached hydrogens (tertiary/aromatic N) is 3. The van der Waals surface area contributed by atoms with Crippen LogP contribution in [0.5, 0.6) is 0 Å². The number of likely N-dealkylation sites (tertiary alicyclic amines) is 1. The monoisotopic (exact) mass is 290 g/mol. The molecule has 1 fully saturated rings. The van der Waals surface area contributed by atoms with Crippen molar-refractivity contribution in [3.8, 4) is 0 Å². The third-order valence-electron chi connectivity index (χ3n) is 3.75. The van der Waals surface area contributed by atoms with E-state index < -0.39 is 0 Å². The highest BCUT2D eigenvalue weighted by atomic mass is 16.2. The van der Waals surface area contributed by atoms with Crippen molar-refractivity contribution in [3.63, 3.8) is 0 Å². The fourth-order valence-electron chi connectivity index (χ4n) is 2.77. The molecule has 0 saturated carbocycles. The summed E-state index contributed by atoms with van der Waals surface area (Å²) in [5.41, 5.74) is 0.392. The quantitative estimate of drug-likeness (QED) is 0.929. The predicted molar refractivity (Wildman–Crippen MR) is 84.4 cm³/mol. The molecule has 1 N–H and O–H groups in total. The summed E-state index contributed by atoms with van der Waals surface area (Å²) in [7, 11) is 0. The third-order valence-corrected chi connectivity index (χ3v) is 3.75. The van der Waals surface area contributed by atoms with E-state index in [1.807, 2.05) is 4.90 Å². The van der Waals surface area contributed by atoms with Gasteiger partial charge in [0.15, 0.2) is 0 Å². The molecule has 5 nitrogen and oxygen atoms in total. The van der Waals surface area contributed by atoms with Crippen molar-refractivity contribution in [2.75, 3.05) is 11.9 Å². The Hall–Kier alpha value is -1.65. The van der Waals surface area contributed by atoms with Crippen molar-refractivity contribution in [3.05, 3.63) is 18.1 Å². The van der Waals surface area contributed by atoms with Crippen LogP contribution in [0.3, 0.4) is 0 Å². The summed E-state index contributed by atoms with van der Waals surface area (Å²) >= 11 is 0. The van der Waals surface area contributed by atoms with Gasteiger partial charge in [-0.2, -0.15) is 0 Å². The minimum absolute atomic E-state index is 0.0286. The van der Waals surface area contributed by atoms with Gasteiger partial charge in [-0.05, 0) is 46.5 Å². The van der Waals surface area contributed by atoms with E-state index in [2.05, 4.69) is 43.0 Å². The zero-order chi connectivity index (χ0) is 15.5. The van der Waals surface area contributed by atoms with Gasteiger partial charge < -0.3 is 10.2 Å². The summed E-state index contributed by atoms with van der Waals surface area (Å²) in [4.78, 5) is 23.0. The first-order valence-corrected chi connectivity index (χ1v) is 7.82. The summed E-state index contributed by atoms with van der Waals surface area (Å²) < 4.78 is 0. The number of anilines is 1. The highest BCUT2D eigenvalue weighted by Gasteiger charge is 2.27. The molecule has 5 heteroatoms. The topological polar surface area (TPSA) is 58.1 Å². The maximum Gasteiger partial charge on any atom is 0.272 e. The smallest absolute Gasteiger partial charge is 0.272 e. The highest BCUT2D eigenvalue weighted by Crippen LogP contribution is 2.22. The predicted octanol–water partition coefficient (Wildman–Crippen LogP) is 3.09. The molecule has 0 spiro atoms. The van der Waals surface area contributed by atoms with Crippen molar-refractivity contribution in [2.45, 2.75) is 65.0 Å². The van der Waals surface area contributed by atoms with Crippen molar-refractivity contribution in [1.82, 2.24) is 14.9 Å². The molecule has 1 saturated heterocycles. The van der Waals surface area contributed by atoms with Crippen LogP contribution < -0.4 is 5.32 Å². The molecule has 116 valence electrons. The fourth-order valence-corrected chi connectivity index (χ4v) is 2.77. The van der Waals surface area contributed by atoms with Crippen LogP contribution >= 0.6 is 0 Å². The van der Waals surface area contributed by atoms with E-state index >= 15 is 0 Å². The van der Waals surface area contributed by atoms with Gasteiger partial charge in [-0.1, -0.05) is 6.92 Å². The molecule has 2 rings (SSSR count). The van der Waals surface area contributed by atoms with Crippen LogP contribution in [-0.2, 0) is 0 Å². The molecule has 1 unspecified atom stereocenters. The Labute approximate surface area is 127 Å². The van der Waals surface area contributed by atoms with E-state index in [1.54, 1.807) is 6.07 Å². The first kappa shape index (κ1) is 15.7. The highest BCUT2D eigenvalue weighted by molar-refractivity contribution is 5.93. The van der Waals surface area contributed by atoms with Crippen LogP contribution in [0.1, 0.15) is 63.9 Å². The Morgan fingerprint density at radius 3 is 2.81 bits per heavy atom. The molecular weight excluding hydrogens is 264 g/mol. The van der Waals surface area contributed by atoms with E-state index in [-0.39, 0.29) is 11.4 Å². The average molecular weight is 290 g/mol. The number of carbonyl (C=O) groups is 1. The molecule has 1 amide bonds. The lowest BCUT2D eigenvalue weighted by atomic mass is 9.99. The van der Waals surface area contributed by atoms with Gasteiger partial charge in [0.05, 0.1) is 0 Å². The second-order valence-electron chi connectivity index (χ2n) is 6.72. The van der Waals surface area contributed by atoms with Gasteiger partial charge in [-0.25, -0.2) is 9.97 Å². The Morgan fingerprint density at radius 1 is 1.38 bits per heavy atom. The lowest BCUT2D eigenvalue weighted by molar-refractivity contribution is 0.0602. The van der Waals surface area contributed by atoms with Crippen molar-refractivity contribution in [2.24, 2.45) is 0 Å². The van der Waals surface area contributed by atoms with Gasteiger partial charge in [0.2, 0.25) is 0 Å². The van der Waals surface area contributed by atoms with Crippen molar-refractivity contribution >= 4 is 11.7 Å². The number of rotatable bonds is 3. The Bertz CT molecular complexity index is 495. The fraction of sp³-hybridized carbons (Fsp3) is 0.688. The number of nitrogens with one attached hydrogen (secondary N) is 1. The van der Waals surface area contributed by atoms with Gasteiger partial charge in [0.1, 0.15) is 17.8 Å². The van der Waals surface area contributed by atoms with Crippen LogP contribution in [0.2, 0.25) is 0 Å². The van der Waals surface area contributed by atoms with Crippen molar-refractivity contribution < 1.29 is 4.79 Å². The van der Waals surface area contributed by atoms with E-state index in [0.717, 1.165) is 25.8 Å². The summed E-state index contributed by atoms with van der Waals surface area (Å²) in [6, 6.07) is 2.11. The molecule has 0 bridgehead atoms. The summed E-state index contributed by atoms with van der Waals surface area (Å²) in [5.74, 6) is 0.729. The standard InChI is InChI=1S/C16H26N4O/c1-5-12-8-6-7-9-20(12)15(21)13-10-14(18-11-17-13)19-16(2,3)4/h10-12H,5-9H2,1-4H3,(H,17,18,19). The van der Waals surface area contributed by atoms with Gasteiger partial charge in [-0.15, -0.1) is 0 Å². The zero-order valence-corrected chi connectivity index (χ0v) is 13.5. The SMILES string of the molecule is CCC1CCCCN1C(=O)c1cc(NC(C)(C)C)ncn1. The molecule has 2 heterocycles. The van der Waals surface area contributed by atoms with E-state index in [0.29, 0.717) is 17.6 Å². The lowest BCUT2D eigenvalue weighted by Crippen LogP contribution is -2.43. The number of hydrogen-bond acceptors (Lipinski definition) is 4. The molecule has 21 heavy (non-hydrogen) atoms. The van der Waals surface area contributed by atoms with Gasteiger partial charge >= 0.3 is 0 Å². The number of hydrogen-bond donors (Lipinski definition) is 1. The Kier molecular flexibility index (Phi) is 4.80. The summed E-state index contributed by atoms with van der Waals surface area (Å²) in [5, 5.41) is 3.28. The minimum atomic E-state index is -0.0915. The van der Waals surface area contributed by atoms with Crippen LogP contribution in [-0.4, -0.2) is 38.9 Å². The minimum Gasteiger partial charge on any atom is -0.365 e. The molecule has 0 radical (unpaired) electrons. The molecule has 1 aromatic rings. The maximum absolute atomic E-state index is 12.7. The lowest BCUT2D eigenvalue weighted by Gasteiger charge is -2.35. The molecule has 1 aliphatic rings. The largest absolute Gasteiger partial charge is 0.365 e. The van der Waals surface area contributed by atoms with E-state index in [4.69, 9.17) is 0 Å². The molecule has 1 aliphatic heterocycles. The zero-order valence-electron chi connectivity index (χ0n) is 13.5. The third kappa shape index (κ3) is 4.16. The van der Waals surface area contributed by atoms with Gasteiger partial charge in [-0.3, -0.25) is 4.79 Å². The summed E-state index contributed by atoms with van der Waals surface area (Å²) in [6.45, 7) is 9.17.